The second-order valence-corrected chi connectivity index (χ2v) is 5.27. The number of hydrogen-bond donors (Lipinski definition) is 2. The molecule has 90 valence electrons. The predicted molar refractivity (Wildman–Crippen MR) is 60.0 cm³/mol. The third kappa shape index (κ3) is 2.38. The minimum absolute atomic E-state index is 0.0935. The van der Waals surface area contributed by atoms with E-state index in [0.717, 1.165) is 18.4 Å². The van der Waals surface area contributed by atoms with Crippen molar-refractivity contribution in [1.82, 2.24) is 10.6 Å². The minimum atomic E-state index is -0.270. The first-order valence-corrected chi connectivity index (χ1v) is 6.47. The fraction of sp³-hybridized carbons (Fsp3) is 0.917. The molecule has 3 aliphatic rings. The zero-order valence-electron chi connectivity index (χ0n) is 9.58. The number of hydrogen-bond acceptors (Lipinski definition) is 3. The molecule has 4 nitrogen and oxygen atoms in total. The van der Waals surface area contributed by atoms with Crippen LogP contribution in [-0.2, 0) is 9.53 Å². The molecule has 4 heteroatoms. The lowest BCUT2D eigenvalue weighted by molar-refractivity contribution is -0.135. The Labute approximate surface area is 96.1 Å². The van der Waals surface area contributed by atoms with Gasteiger partial charge in [-0.05, 0) is 37.5 Å². The van der Waals surface area contributed by atoms with Crippen molar-refractivity contribution in [3.8, 4) is 0 Å². The highest BCUT2D eigenvalue weighted by molar-refractivity contribution is 5.81. The fourth-order valence-electron chi connectivity index (χ4n) is 2.52. The molecule has 2 saturated carbocycles. The average molecular weight is 224 g/mol. The van der Waals surface area contributed by atoms with E-state index in [4.69, 9.17) is 4.74 Å². The molecule has 0 spiro atoms. The lowest BCUT2D eigenvalue weighted by Gasteiger charge is -2.26. The van der Waals surface area contributed by atoms with E-state index in [9.17, 15) is 4.79 Å². The molecule has 1 atom stereocenters. The van der Waals surface area contributed by atoms with Crippen molar-refractivity contribution in [3.05, 3.63) is 0 Å². The summed E-state index contributed by atoms with van der Waals surface area (Å²) in [6.07, 6.45) is 4.92. The monoisotopic (exact) mass is 224 g/mol. The van der Waals surface area contributed by atoms with Gasteiger partial charge in [-0.3, -0.25) is 4.79 Å². The molecule has 1 heterocycles. The van der Waals surface area contributed by atoms with Gasteiger partial charge in [0.2, 0.25) is 0 Å². The van der Waals surface area contributed by atoms with Crippen molar-refractivity contribution < 1.29 is 9.53 Å². The Morgan fingerprint density at radius 2 is 1.94 bits per heavy atom. The topological polar surface area (TPSA) is 50.4 Å². The number of ether oxygens (including phenoxy) is 1. The lowest BCUT2D eigenvalue weighted by atomic mass is 10.1. The van der Waals surface area contributed by atoms with Crippen LogP contribution in [-0.4, -0.2) is 37.7 Å². The summed E-state index contributed by atoms with van der Waals surface area (Å²) >= 11 is 0. The number of nitrogens with one attached hydrogen (secondary N) is 2. The SMILES string of the molecule is O=C(NC(C1CC1)C1CC1)C1CNCCO1. The average Bonchev–Trinajstić information content (AvgIpc) is 3.19. The van der Waals surface area contributed by atoms with Gasteiger partial charge in [0, 0.05) is 19.1 Å². The van der Waals surface area contributed by atoms with Gasteiger partial charge < -0.3 is 15.4 Å². The summed E-state index contributed by atoms with van der Waals surface area (Å²) in [6.45, 7) is 2.17. The molecule has 2 N–H and O–H groups in total. The van der Waals surface area contributed by atoms with E-state index < -0.39 is 0 Å². The summed E-state index contributed by atoms with van der Waals surface area (Å²) in [5, 5.41) is 6.40. The molecule has 3 fully saturated rings. The summed E-state index contributed by atoms with van der Waals surface area (Å²) in [4.78, 5) is 12.0. The van der Waals surface area contributed by atoms with Crippen LogP contribution in [0.5, 0.6) is 0 Å². The molecular weight excluding hydrogens is 204 g/mol. The van der Waals surface area contributed by atoms with E-state index in [1.807, 2.05) is 0 Å². The van der Waals surface area contributed by atoms with Crippen molar-refractivity contribution in [2.75, 3.05) is 19.7 Å². The fourth-order valence-corrected chi connectivity index (χ4v) is 2.52. The van der Waals surface area contributed by atoms with E-state index >= 15 is 0 Å². The van der Waals surface area contributed by atoms with Gasteiger partial charge in [-0.15, -0.1) is 0 Å². The summed E-state index contributed by atoms with van der Waals surface area (Å²) in [7, 11) is 0. The zero-order chi connectivity index (χ0) is 11.0. The van der Waals surface area contributed by atoms with Crippen molar-refractivity contribution in [2.24, 2.45) is 11.8 Å². The summed E-state index contributed by atoms with van der Waals surface area (Å²) in [5.41, 5.74) is 0. The Morgan fingerprint density at radius 3 is 2.44 bits per heavy atom. The van der Waals surface area contributed by atoms with Crippen molar-refractivity contribution in [2.45, 2.75) is 37.8 Å². The van der Waals surface area contributed by atoms with Crippen molar-refractivity contribution in [3.63, 3.8) is 0 Å². The summed E-state index contributed by atoms with van der Waals surface area (Å²) < 4.78 is 5.47. The molecule has 0 bridgehead atoms. The molecule has 0 radical (unpaired) electrons. The smallest absolute Gasteiger partial charge is 0.250 e. The number of morpholine rings is 1. The van der Waals surface area contributed by atoms with Crippen LogP contribution in [0, 0.1) is 11.8 Å². The van der Waals surface area contributed by atoms with Gasteiger partial charge in [-0.2, -0.15) is 0 Å². The minimum Gasteiger partial charge on any atom is -0.366 e. The van der Waals surface area contributed by atoms with Gasteiger partial charge >= 0.3 is 0 Å². The van der Waals surface area contributed by atoms with Crippen LogP contribution < -0.4 is 10.6 Å². The molecule has 3 rings (SSSR count). The van der Waals surface area contributed by atoms with Gasteiger partial charge in [0.25, 0.3) is 5.91 Å². The maximum Gasteiger partial charge on any atom is 0.250 e. The van der Waals surface area contributed by atoms with Crippen LogP contribution in [0.2, 0.25) is 0 Å². The van der Waals surface area contributed by atoms with Crippen LogP contribution >= 0.6 is 0 Å². The number of rotatable bonds is 4. The Kier molecular flexibility index (Phi) is 2.86. The summed E-state index contributed by atoms with van der Waals surface area (Å²) in [6, 6.07) is 0.443. The molecule has 0 aromatic carbocycles. The lowest BCUT2D eigenvalue weighted by Crippen LogP contribution is -2.51. The molecule has 16 heavy (non-hydrogen) atoms. The van der Waals surface area contributed by atoms with Gasteiger partial charge in [0.1, 0.15) is 6.10 Å². The quantitative estimate of drug-likeness (QED) is 0.721. The molecule has 1 unspecified atom stereocenters. The van der Waals surface area contributed by atoms with E-state index in [0.29, 0.717) is 19.2 Å². The number of amides is 1. The molecule has 0 aromatic rings. The molecule has 2 aliphatic carbocycles. The molecular formula is C12H20N2O2. The van der Waals surface area contributed by atoms with Gasteiger partial charge in [-0.1, -0.05) is 0 Å². The number of carbonyl (C=O) groups excluding carboxylic acids is 1. The van der Waals surface area contributed by atoms with Crippen LogP contribution in [0.1, 0.15) is 25.7 Å². The zero-order valence-corrected chi connectivity index (χ0v) is 9.58. The second-order valence-electron chi connectivity index (χ2n) is 5.27. The molecule has 1 aliphatic heterocycles. The van der Waals surface area contributed by atoms with Gasteiger partial charge in [0.05, 0.1) is 6.61 Å². The van der Waals surface area contributed by atoms with Crippen LogP contribution in [0.3, 0.4) is 0 Å². The van der Waals surface area contributed by atoms with Crippen molar-refractivity contribution in [1.29, 1.82) is 0 Å². The third-order valence-corrected chi connectivity index (χ3v) is 3.79. The first-order chi connectivity index (χ1) is 7.84. The van der Waals surface area contributed by atoms with Gasteiger partial charge in [0.15, 0.2) is 0 Å². The Balaban J connectivity index is 1.53. The normalized spacial score (nSPS) is 30.4. The highest BCUT2D eigenvalue weighted by Crippen LogP contribution is 2.44. The van der Waals surface area contributed by atoms with E-state index in [-0.39, 0.29) is 12.0 Å². The first kappa shape index (κ1) is 10.5. The maximum atomic E-state index is 12.0. The summed E-state index contributed by atoms with van der Waals surface area (Å²) in [5.74, 6) is 1.61. The van der Waals surface area contributed by atoms with E-state index in [1.54, 1.807) is 0 Å². The van der Waals surface area contributed by atoms with E-state index in [2.05, 4.69) is 10.6 Å². The first-order valence-electron chi connectivity index (χ1n) is 6.47. The Bertz CT molecular complexity index is 256. The van der Waals surface area contributed by atoms with E-state index in [1.165, 1.54) is 25.7 Å². The van der Waals surface area contributed by atoms with Crippen LogP contribution in [0.25, 0.3) is 0 Å². The van der Waals surface area contributed by atoms with Crippen LogP contribution in [0.4, 0.5) is 0 Å². The predicted octanol–water partition coefficient (Wildman–Crippen LogP) is 0.280. The molecule has 0 aromatic heterocycles. The molecule has 1 amide bonds. The third-order valence-electron chi connectivity index (χ3n) is 3.79. The standard InChI is InChI=1S/C12H20N2O2/c15-12(10-7-13-5-6-16-10)14-11(8-1-2-8)9-3-4-9/h8-11,13H,1-7H2,(H,14,15). The number of carbonyl (C=O) groups is 1. The second kappa shape index (κ2) is 4.34. The van der Waals surface area contributed by atoms with Crippen molar-refractivity contribution >= 4 is 5.91 Å². The highest BCUT2D eigenvalue weighted by Gasteiger charge is 2.43. The molecule has 1 saturated heterocycles. The van der Waals surface area contributed by atoms with Gasteiger partial charge in [-0.25, -0.2) is 0 Å². The largest absolute Gasteiger partial charge is 0.366 e. The Morgan fingerprint density at radius 1 is 1.25 bits per heavy atom. The maximum absolute atomic E-state index is 12.0. The highest BCUT2D eigenvalue weighted by atomic mass is 16.5. The Hall–Kier alpha value is -0.610. The van der Waals surface area contributed by atoms with Crippen LogP contribution in [0.15, 0.2) is 0 Å².